The van der Waals surface area contributed by atoms with E-state index in [0.717, 1.165) is 25.9 Å². The Balaban J connectivity index is 2.51. The number of carbonyl (C=O) groups excluding carboxylic acids is 1. The van der Waals surface area contributed by atoms with Crippen LogP contribution in [0.4, 0.5) is 0 Å². The second-order valence-corrected chi connectivity index (χ2v) is 5.08. The molecule has 0 saturated carbocycles. The Kier molecular flexibility index (Phi) is 4.58. The normalized spacial score (nSPS) is 28.9. The maximum atomic E-state index is 12.0. The van der Waals surface area contributed by atoms with E-state index >= 15 is 0 Å². The first-order valence-electron chi connectivity index (χ1n) is 6.09. The molecule has 0 spiro atoms. The number of rotatable bonds is 3. The summed E-state index contributed by atoms with van der Waals surface area (Å²) in [6.07, 6.45) is 3.01. The Morgan fingerprint density at radius 2 is 1.93 bits per heavy atom. The highest BCUT2D eigenvalue weighted by atomic mass is 16.2. The third-order valence-electron chi connectivity index (χ3n) is 3.10. The summed E-state index contributed by atoms with van der Waals surface area (Å²) in [5, 5.41) is 0. The first kappa shape index (κ1) is 12.5. The van der Waals surface area contributed by atoms with Crippen molar-refractivity contribution in [1.82, 2.24) is 4.90 Å². The number of piperidine rings is 1. The standard InChI is InChI=1S/C12H24N2O/c1-4-5-11(13)12(15)14-7-9(2)6-10(3)8-14/h9-11H,4-8,13H2,1-3H3/t9?,10?,11-/m1/s1. The lowest BCUT2D eigenvalue weighted by Crippen LogP contribution is -2.49. The highest BCUT2D eigenvalue weighted by Crippen LogP contribution is 2.21. The quantitative estimate of drug-likeness (QED) is 0.772. The van der Waals surface area contributed by atoms with Gasteiger partial charge in [0, 0.05) is 13.1 Å². The van der Waals surface area contributed by atoms with Crippen LogP contribution in [0.5, 0.6) is 0 Å². The number of likely N-dealkylation sites (tertiary alicyclic amines) is 1. The van der Waals surface area contributed by atoms with Gasteiger partial charge in [0.15, 0.2) is 0 Å². The van der Waals surface area contributed by atoms with Crippen LogP contribution in [0.3, 0.4) is 0 Å². The van der Waals surface area contributed by atoms with Gasteiger partial charge < -0.3 is 10.6 Å². The van der Waals surface area contributed by atoms with E-state index in [-0.39, 0.29) is 11.9 Å². The maximum absolute atomic E-state index is 12.0. The molecule has 0 aromatic rings. The maximum Gasteiger partial charge on any atom is 0.239 e. The van der Waals surface area contributed by atoms with E-state index in [1.807, 2.05) is 4.90 Å². The molecule has 2 unspecified atom stereocenters. The molecule has 1 saturated heterocycles. The van der Waals surface area contributed by atoms with E-state index in [9.17, 15) is 4.79 Å². The number of nitrogens with zero attached hydrogens (tertiary/aromatic N) is 1. The first-order chi connectivity index (χ1) is 7.04. The average molecular weight is 212 g/mol. The number of carbonyl (C=O) groups is 1. The Bertz CT molecular complexity index is 208. The third-order valence-corrected chi connectivity index (χ3v) is 3.10. The fraction of sp³-hybridized carbons (Fsp3) is 0.917. The van der Waals surface area contributed by atoms with Gasteiger partial charge in [-0.25, -0.2) is 0 Å². The van der Waals surface area contributed by atoms with Gasteiger partial charge in [0.25, 0.3) is 0 Å². The molecule has 1 amide bonds. The molecule has 1 heterocycles. The molecule has 1 aliphatic heterocycles. The van der Waals surface area contributed by atoms with Gasteiger partial charge in [-0.2, -0.15) is 0 Å². The van der Waals surface area contributed by atoms with Gasteiger partial charge in [0.05, 0.1) is 6.04 Å². The molecule has 3 nitrogen and oxygen atoms in total. The zero-order chi connectivity index (χ0) is 11.4. The van der Waals surface area contributed by atoms with Crippen molar-refractivity contribution in [2.45, 2.75) is 46.1 Å². The monoisotopic (exact) mass is 212 g/mol. The molecule has 88 valence electrons. The Labute approximate surface area is 93.0 Å². The topological polar surface area (TPSA) is 46.3 Å². The average Bonchev–Trinajstić information content (AvgIpc) is 2.15. The second-order valence-electron chi connectivity index (χ2n) is 5.08. The van der Waals surface area contributed by atoms with Crippen LogP contribution in [0, 0.1) is 11.8 Å². The summed E-state index contributed by atoms with van der Waals surface area (Å²) < 4.78 is 0. The fourth-order valence-corrected chi connectivity index (χ4v) is 2.51. The molecule has 3 atom stereocenters. The molecule has 2 N–H and O–H groups in total. The van der Waals surface area contributed by atoms with E-state index in [1.165, 1.54) is 6.42 Å². The van der Waals surface area contributed by atoms with Crippen LogP contribution in [0.2, 0.25) is 0 Å². The van der Waals surface area contributed by atoms with Crippen molar-refractivity contribution in [3.63, 3.8) is 0 Å². The predicted octanol–water partition coefficient (Wildman–Crippen LogP) is 1.62. The van der Waals surface area contributed by atoms with E-state index in [1.54, 1.807) is 0 Å². The van der Waals surface area contributed by atoms with Crippen LogP contribution in [0.1, 0.15) is 40.0 Å². The Morgan fingerprint density at radius 3 is 2.40 bits per heavy atom. The summed E-state index contributed by atoms with van der Waals surface area (Å²) in [4.78, 5) is 13.9. The van der Waals surface area contributed by atoms with Gasteiger partial charge in [-0.1, -0.05) is 27.2 Å². The van der Waals surface area contributed by atoms with Crippen LogP contribution in [0.15, 0.2) is 0 Å². The van der Waals surface area contributed by atoms with Crippen molar-refractivity contribution in [1.29, 1.82) is 0 Å². The molecule has 1 aliphatic rings. The van der Waals surface area contributed by atoms with E-state index < -0.39 is 0 Å². The van der Waals surface area contributed by atoms with Crippen LogP contribution in [0.25, 0.3) is 0 Å². The van der Waals surface area contributed by atoms with Crippen LogP contribution < -0.4 is 5.73 Å². The van der Waals surface area contributed by atoms with Crippen molar-refractivity contribution in [2.24, 2.45) is 17.6 Å². The summed E-state index contributed by atoms with van der Waals surface area (Å²) >= 11 is 0. The van der Waals surface area contributed by atoms with Crippen LogP contribution in [-0.4, -0.2) is 29.9 Å². The molecule has 0 aliphatic carbocycles. The van der Waals surface area contributed by atoms with E-state index in [4.69, 9.17) is 5.73 Å². The lowest BCUT2D eigenvalue weighted by Gasteiger charge is -2.36. The molecule has 0 radical (unpaired) electrons. The zero-order valence-corrected chi connectivity index (χ0v) is 10.2. The van der Waals surface area contributed by atoms with Gasteiger partial charge in [-0.05, 0) is 24.7 Å². The number of nitrogens with two attached hydrogens (primary N) is 1. The van der Waals surface area contributed by atoms with Crippen molar-refractivity contribution >= 4 is 5.91 Å². The SMILES string of the molecule is CCC[C@@H](N)C(=O)N1CC(C)CC(C)C1. The molecular formula is C12H24N2O. The van der Waals surface area contributed by atoms with E-state index in [2.05, 4.69) is 20.8 Å². The van der Waals surface area contributed by atoms with Crippen LogP contribution >= 0.6 is 0 Å². The summed E-state index contributed by atoms with van der Waals surface area (Å²) in [5.41, 5.74) is 5.86. The van der Waals surface area contributed by atoms with Gasteiger partial charge in [0.1, 0.15) is 0 Å². The summed E-state index contributed by atoms with van der Waals surface area (Å²) in [5.74, 6) is 1.38. The molecule has 0 bridgehead atoms. The highest BCUT2D eigenvalue weighted by molar-refractivity contribution is 5.81. The number of amides is 1. The van der Waals surface area contributed by atoms with Gasteiger partial charge in [-0.15, -0.1) is 0 Å². The zero-order valence-electron chi connectivity index (χ0n) is 10.2. The molecule has 0 aromatic heterocycles. The molecule has 0 aromatic carbocycles. The largest absolute Gasteiger partial charge is 0.341 e. The number of hydrogen-bond donors (Lipinski definition) is 1. The fourth-order valence-electron chi connectivity index (χ4n) is 2.51. The molecule has 1 rings (SSSR count). The van der Waals surface area contributed by atoms with Gasteiger partial charge in [-0.3, -0.25) is 4.79 Å². The summed E-state index contributed by atoms with van der Waals surface area (Å²) in [7, 11) is 0. The summed E-state index contributed by atoms with van der Waals surface area (Å²) in [6.45, 7) is 8.26. The summed E-state index contributed by atoms with van der Waals surface area (Å²) in [6, 6.07) is -0.285. The molecule has 1 fully saturated rings. The minimum Gasteiger partial charge on any atom is -0.341 e. The smallest absolute Gasteiger partial charge is 0.239 e. The molecule has 3 heteroatoms. The minimum atomic E-state index is -0.285. The van der Waals surface area contributed by atoms with Gasteiger partial charge >= 0.3 is 0 Å². The predicted molar refractivity (Wildman–Crippen MR) is 62.4 cm³/mol. The minimum absolute atomic E-state index is 0.148. The number of hydrogen-bond acceptors (Lipinski definition) is 2. The third kappa shape index (κ3) is 3.49. The van der Waals surface area contributed by atoms with Crippen LogP contribution in [-0.2, 0) is 4.79 Å². The highest BCUT2D eigenvalue weighted by Gasteiger charge is 2.27. The molecule has 15 heavy (non-hydrogen) atoms. The van der Waals surface area contributed by atoms with Crippen molar-refractivity contribution in [3.8, 4) is 0 Å². The van der Waals surface area contributed by atoms with Crippen molar-refractivity contribution in [3.05, 3.63) is 0 Å². The van der Waals surface area contributed by atoms with Gasteiger partial charge in [0.2, 0.25) is 5.91 Å². The van der Waals surface area contributed by atoms with E-state index in [0.29, 0.717) is 11.8 Å². The molecular weight excluding hydrogens is 188 g/mol. The van der Waals surface area contributed by atoms with Crippen molar-refractivity contribution in [2.75, 3.05) is 13.1 Å². The Morgan fingerprint density at radius 1 is 1.40 bits per heavy atom. The Hall–Kier alpha value is -0.570. The second kappa shape index (κ2) is 5.50. The van der Waals surface area contributed by atoms with Crippen molar-refractivity contribution < 1.29 is 4.79 Å². The lowest BCUT2D eigenvalue weighted by atomic mass is 9.91. The first-order valence-corrected chi connectivity index (χ1v) is 6.09. The lowest BCUT2D eigenvalue weighted by molar-refractivity contribution is -0.135.